The fourth-order valence-corrected chi connectivity index (χ4v) is 8.78. The smallest absolute Gasteiger partial charge is 0.316 e. The molecule has 0 spiro atoms. The van der Waals surface area contributed by atoms with Crippen LogP contribution in [0.5, 0.6) is 0 Å². The van der Waals surface area contributed by atoms with Crippen molar-refractivity contribution in [2.75, 3.05) is 26.2 Å². The zero-order valence-corrected chi connectivity index (χ0v) is 37.9. The van der Waals surface area contributed by atoms with Crippen molar-refractivity contribution in [2.45, 2.75) is 31.6 Å². The van der Waals surface area contributed by atoms with Crippen LogP contribution in [0.25, 0.3) is 49.8 Å². The summed E-state index contributed by atoms with van der Waals surface area (Å²) < 4.78 is 124. The topological polar surface area (TPSA) is 38.3 Å². The summed E-state index contributed by atoms with van der Waals surface area (Å²) in [5, 5.41) is 2.72. The van der Waals surface area contributed by atoms with Crippen LogP contribution in [0.3, 0.4) is 0 Å². The normalized spacial score (nSPS) is 13.8. The monoisotopic (exact) mass is 993 g/mol. The Hall–Kier alpha value is -6.52. The molecular formula is C52H42Cl2F9N5O. The van der Waals surface area contributed by atoms with Gasteiger partial charge in [0.25, 0.3) is 0 Å². The van der Waals surface area contributed by atoms with Gasteiger partial charge >= 0.3 is 18.5 Å². The number of aromatic nitrogens is 3. The van der Waals surface area contributed by atoms with Crippen molar-refractivity contribution >= 4 is 63.8 Å². The molecule has 17 heteroatoms. The standard InChI is InChI=1S/C36H30F6N4.C16H10F3NO.2ClH/c37-35(38,39)27-7-5-9-29(19-27)45-23-25(31-11-1-3-13-33(31)45)21-43-15-17-44(18-16-43)22-26-24-46(34-14-4-2-12-32(26)34)30-10-6-8-28(20-30)36(40,41)42;17-16(18,19)12-4-3-5-13(8-12)20-9-11(10-21)14-6-1-2-7-15(14)20;;/h1-14,19-20,23-24H,15-18,21-22H2;1-10H;2*1H. The Labute approximate surface area is 402 Å². The van der Waals surface area contributed by atoms with Gasteiger partial charge in [0.15, 0.2) is 6.29 Å². The van der Waals surface area contributed by atoms with Crippen LogP contribution in [0.1, 0.15) is 38.2 Å². The van der Waals surface area contributed by atoms with Crippen LogP contribution in [-0.2, 0) is 31.6 Å². The van der Waals surface area contributed by atoms with E-state index in [0.717, 1.165) is 83.4 Å². The molecule has 0 aliphatic carbocycles. The van der Waals surface area contributed by atoms with Crippen LogP contribution < -0.4 is 0 Å². The molecule has 0 N–H and O–H groups in total. The largest absolute Gasteiger partial charge is 0.416 e. The second-order valence-electron chi connectivity index (χ2n) is 16.4. The van der Waals surface area contributed by atoms with Gasteiger partial charge in [-0.25, -0.2) is 0 Å². The van der Waals surface area contributed by atoms with Crippen molar-refractivity contribution in [3.63, 3.8) is 0 Å². The minimum atomic E-state index is -4.42. The molecule has 1 saturated heterocycles. The Kier molecular flexibility index (Phi) is 14.8. The first kappa shape index (κ1) is 50.4. The SMILES string of the molecule is Cl.Cl.FC(F)(F)c1cccc(-n2cc(CN3CCN(Cc4cn(-c5cccc(C(F)(F)F)c5)c5ccccc45)CC3)c3ccccc32)c1.O=Cc1cn(-c2cccc(C(F)(F)F)c2)c2ccccc12. The summed E-state index contributed by atoms with van der Waals surface area (Å²) in [6, 6.07) is 38.4. The van der Waals surface area contributed by atoms with Crippen molar-refractivity contribution < 1.29 is 44.3 Å². The van der Waals surface area contributed by atoms with Crippen molar-refractivity contribution in [2.24, 2.45) is 0 Å². The Morgan fingerprint density at radius 1 is 0.406 bits per heavy atom. The Morgan fingerprint density at radius 2 is 0.725 bits per heavy atom. The van der Waals surface area contributed by atoms with Gasteiger partial charge in [-0.2, -0.15) is 39.5 Å². The molecule has 1 fully saturated rings. The molecule has 0 bridgehead atoms. The maximum absolute atomic E-state index is 13.4. The highest BCUT2D eigenvalue weighted by Gasteiger charge is 2.33. The molecule has 69 heavy (non-hydrogen) atoms. The predicted octanol–water partition coefficient (Wildman–Crippen LogP) is 14.2. The molecule has 6 nitrogen and oxygen atoms in total. The molecule has 1 aliphatic rings. The van der Waals surface area contributed by atoms with Crippen molar-refractivity contribution in [1.82, 2.24) is 23.5 Å². The molecule has 0 amide bonds. The average molecular weight is 995 g/mol. The lowest BCUT2D eigenvalue weighted by atomic mass is 10.1. The summed E-state index contributed by atoms with van der Waals surface area (Å²) in [5.74, 6) is 0. The number of hydrogen-bond acceptors (Lipinski definition) is 3. The first-order valence-corrected chi connectivity index (χ1v) is 21.3. The number of alkyl halides is 9. The average Bonchev–Trinajstić information content (AvgIpc) is 4.01. The number of halogens is 11. The highest BCUT2D eigenvalue weighted by molar-refractivity contribution is 5.98. The first-order chi connectivity index (χ1) is 32.0. The van der Waals surface area contributed by atoms with Gasteiger partial charge in [0.05, 0.1) is 33.2 Å². The molecule has 10 rings (SSSR count). The minimum absolute atomic E-state index is 0. The molecule has 4 heterocycles. The van der Waals surface area contributed by atoms with Gasteiger partial charge in [-0.15, -0.1) is 24.8 Å². The lowest BCUT2D eigenvalue weighted by molar-refractivity contribution is -0.138. The number of hydrogen-bond donors (Lipinski definition) is 0. The van der Waals surface area contributed by atoms with Gasteiger partial charge in [-0.05, 0) is 83.9 Å². The Balaban J connectivity index is 0.000000257. The van der Waals surface area contributed by atoms with Crippen LogP contribution >= 0.6 is 24.8 Å². The summed E-state index contributed by atoms with van der Waals surface area (Å²) in [7, 11) is 0. The number of piperazine rings is 1. The van der Waals surface area contributed by atoms with E-state index in [2.05, 4.69) is 9.80 Å². The van der Waals surface area contributed by atoms with E-state index in [1.165, 1.54) is 30.3 Å². The third-order valence-corrected chi connectivity index (χ3v) is 12.1. The third kappa shape index (κ3) is 10.7. The molecule has 3 aromatic heterocycles. The van der Waals surface area contributed by atoms with Gasteiger partial charge in [0.2, 0.25) is 0 Å². The number of benzene rings is 6. The quantitative estimate of drug-likeness (QED) is 0.112. The van der Waals surface area contributed by atoms with E-state index in [-0.39, 0.29) is 24.8 Å². The molecule has 0 radical (unpaired) electrons. The summed E-state index contributed by atoms with van der Waals surface area (Å²) in [6.07, 6.45) is -7.11. The predicted molar refractivity (Wildman–Crippen MR) is 255 cm³/mol. The van der Waals surface area contributed by atoms with Crippen LogP contribution in [0.2, 0.25) is 0 Å². The third-order valence-electron chi connectivity index (χ3n) is 12.1. The number of rotatable bonds is 8. The second kappa shape index (κ2) is 20.2. The van der Waals surface area contributed by atoms with E-state index in [9.17, 15) is 44.3 Å². The molecule has 0 atom stereocenters. The van der Waals surface area contributed by atoms with E-state index >= 15 is 0 Å². The molecule has 0 unspecified atom stereocenters. The molecule has 0 saturated carbocycles. The van der Waals surface area contributed by atoms with Crippen LogP contribution in [-0.4, -0.2) is 56.0 Å². The fraction of sp³-hybridized carbons (Fsp3) is 0.173. The van der Waals surface area contributed by atoms with Crippen LogP contribution in [0.4, 0.5) is 39.5 Å². The number of aldehydes is 1. The maximum atomic E-state index is 13.4. The first-order valence-electron chi connectivity index (χ1n) is 21.3. The summed E-state index contributed by atoms with van der Waals surface area (Å²) in [6.45, 7) is 4.53. The van der Waals surface area contributed by atoms with Gasteiger partial charge in [-0.1, -0.05) is 72.8 Å². The lowest BCUT2D eigenvalue weighted by Gasteiger charge is -2.34. The second-order valence-corrected chi connectivity index (χ2v) is 16.4. The fourth-order valence-electron chi connectivity index (χ4n) is 8.78. The molecular weight excluding hydrogens is 952 g/mol. The highest BCUT2D eigenvalue weighted by Crippen LogP contribution is 2.36. The van der Waals surface area contributed by atoms with E-state index < -0.39 is 35.2 Å². The van der Waals surface area contributed by atoms with Crippen LogP contribution in [0.15, 0.2) is 164 Å². The number of carbonyl (C=O) groups excluding carboxylic acids is 1. The molecule has 6 aromatic carbocycles. The zero-order valence-electron chi connectivity index (χ0n) is 36.3. The number of carbonyl (C=O) groups is 1. The lowest BCUT2D eigenvalue weighted by Crippen LogP contribution is -2.45. The van der Waals surface area contributed by atoms with Gasteiger partial charge in [-0.3, -0.25) is 14.6 Å². The van der Waals surface area contributed by atoms with Gasteiger partial charge in [0, 0.05) is 96.6 Å². The number of fused-ring (bicyclic) bond motifs is 3. The highest BCUT2D eigenvalue weighted by atomic mass is 35.5. The maximum Gasteiger partial charge on any atom is 0.416 e. The Bertz CT molecular complexity index is 3090. The Morgan fingerprint density at radius 3 is 1.07 bits per heavy atom. The summed E-state index contributed by atoms with van der Waals surface area (Å²) in [5.41, 5.74) is 4.16. The van der Waals surface area contributed by atoms with Gasteiger partial charge < -0.3 is 13.7 Å². The summed E-state index contributed by atoms with van der Waals surface area (Å²) in [4.78, 5) is 15.8. The van der Waals surface area contributed by atoms with Crippen molar-refractivity contribution in [1.29, 1.82) is 0 Å². The molecule has 1 aliphatic heterocycles. The van der Waals surface area contributed by atoms with Crippen molar-refractivity contribution in [3.8, 4) is 17.1 Å². The number of nitrogens with zero attached hydrogens (tertiary/aromatic N) is 5. The minimum Gasteiger partial charge on any atom is -0.316 e. The summed E-state index contributed by atoms with van der Waals surface area (Å²) >= 11 is 0. The van der Waals surface area contributed by atoms with Gasteiger partial charge in [0.1, 0.15) is 0 Å². The van der Waals surface area contributed by atoms with E-state index in [0.29, 0.717) is 52.9 Å². The zero-order chi connectivity index (χ0) is 47.1. The van der Waals surface area contributed by atoms with Crippen LogP contribution in [0, 0.1) is 0 Å². The molecule has 358 valence electrons. The van der Waals surface area contributed by atoms with E-state index in [4.69, 9.17) is 0 Å². The molecule has 9 aromatic rings. The van der Waals surface area contributed by atoms with E-state index in [1.54, 1.807) is 53.2 Å². The van der Waals surface area contributed by atoms with Crippen molar-refractivity contribution in [3.05, 3.63) is 198 Å². The number of para-hydroxylation sites is 3. The van der Waals surface area contributed by atoms with E-state index in [1.807, 2.05) is 70.1 Å².